The maximum atomic E-state index is 12.8. The Labute approximate surface area is 209 Å². The molecule has 0 aromatic rings. The highest BCUT2D eigenvalue weighted by Crippen LogP contribution is 2.74. The molecular weight excluding hydrogens is 444 g/mol. The Kier molecular flexibility index (Phi) is 6.04. The van der Waals surface area contributed by atoms with Crippen LogP contribution in [-0.4, -0.2) is 44.8 Å². The predicted octanol–water partition coefficient (Wildman–Crippen LogP) is 4.17. The lowest BCUT2D eigenvalue weighted by Gasteiger charge is -2.70. The third-order valence-electron chi connectivity index (χ3n) is 12.6. The predicted molar refractivity (Wildman–Crippen MR) is 133 cm³/mol. The van der Waals surface area contributed by atoms with Gasteiger partial charge in [-0.2, -0.15) is 0 Å². The normalized spacial score (nSPS) is 52.6. The van der Waals surface area contributed by atoms with Crippen LogP contribution in [0.4, 0.5) is 0 Å². The zero-order valence-electron chi connectivity index (χ0n) is 22.4. The molecule has 6 nitrogen and oxygen atoms in total. The Balaban J connectivity index is 0.00000289. The number of carbonyl (C=O) groups is 2. The number of aliphatic carboxylic acids is 1. The number of carboxylic acid groups (broad SMARTS) is 1. The van der Waals surface area contributed by atoms with Crippen LogP contribution >= 0.6 is 0 Å². The molecule has 6 heteroatoms. The lowest BCUT2D eigenvalue weighted by molar-refractivity contribution is -0.199. The molecule has 4 saturated carbocycles. The SMILES string of the molecule is C[C@@H]1C(=O)[C@H](O)C[C@]2(C)[C@H]3CC=C4[C@@H]5[C@H](O)C(C)(C)CC[C@]5(C(=O)O)CC[C@@]4(C)[C@]3(C)CC[C@@H]12.O. The van der Waals surface area contributed by atoms with Crippen LogP contribution in [0.2, 0.25) is 0 Å². The topological polar surface area (TPSA) is 126 Å². The maximum absolute atomic E-state index is 12.8. The molecule has 0 amide bonds. The summed E-state index contributed by atoms with van der Waals surface area (Å²) in [7, 11) is 0. The Hall–Kier alpha value is -1.24. The van der Waals surface area contributed by atoms with Crippen molar-refractivity contribution in [2.75, 3.05) is 0 Å². The maximum Gasteiger partial charge on any atom is 0.310 e. The number of hydrogen-bond donors (Lipinski definition) is 3. The first kappa shape index (κ1) is 26.8. The van der Waals surface area contributed by atoms with Gasteiger partial charge in [-0.15, -0.1) is 0 Å². The molecule has 5 rings (SSSR count). The number of allylic oxidation sites excluding steroid dienone is 1. The fourth-order valence-electron chi connectivity index (χ4n) is 10.1. The average molecular weight is 491 g/mol. The quantitative estimate of drug-likeness (QED) is 0.476. The van der Waals surface area contributed by atoms with E-state index in [1.807, 2.05) is 6.92 Å². The van der Waals surface area contributed by atoms with Gasteiger partial charge in [-0.1, -0.05) is 53.2 Å². The van der Waals surface area contributed by atoms with Crippen molar-refractivity contribution in [2.45, 2.75) is 105 Å². The summed E-state index contributed by atoms with van der Waals surface area (Å²) in [5, 5.41) is 32.8. The van der Waals surface area contributed by atoms with Gasteiger partial charge in [0, 0.05) is 11.8 Å². The van der Waals surface area contributed by atoms with Gasteiger partial charge in [-0.25, -0.2) is 0 Å². The van der Waals surface area contributed by atoms with Crippen molar-refractivity contribution in [2.24, 2.45) is 50.7 Å². The molecule has 0 saturated heterocycles. The van der Waals surface area contributed by atoms with Crippen LogP contribution in [0.1, 0.15) is 92.9 Å². The number of hydrogen-bond acceptors (Lipinski definition) is 4. The molecular formula is C29H46O6. The smallest absolute Gasteiger partial charge is 0.310 e. The van der Waals surface area contributed by atoms with Crippen LogP contribution in [0.25, 0.3) is 0 Å². The number of aliphatic hydroxyl groups excluding tert-OH is 2. The molecule has 0 aliphatic heterocycles. The van der Waals surface area contributed by atoms with Gasteiger partial charge >= 0.3 is 5.97 Å². The number of carboxylic acids is 1. The third kappa shape index (κ3) is 3.11. The molecule has 0 radical (unpaired) electrons. The van der Waals surface area contributed by atoms with E-state index < -0.39 is 23.6 Å². The number of aliphatic hydroxyl groups is 2. The second kappa shape index (κ2) is 7.88. The van der Waals surface area contributed by atoms with Gasteiger partial charge in [0.05, 0.1) is 11.5 Å². The van der Waals surface area contributed by atoms with Gasteiger partial charge < -0.3 is 20.8 Å². The van der Waals surface area contributed by atoms with Crippen LogP contribution < -0.4 is 0 Å². The molecule has 0 spiro atoms. The van der Waals surface area contributed by atoms with Crippen LogP contribution in [0, 0.1) is 50.7 Å². The zero-order valence-corrected chi connectivity index (χ0v) is 22.4. The largest absolute Gasteiger partial charge is 0.481 e. The van der Waals surface area contributed by atoms with Gasteiger partial charge in [0.2, 0.25) is 0 Å². The monoisotopic (exact) mass is 490 g/mol. The van der Waals surface area contributed by atoms with Crippen LogP contribution in [-0.2, 0) is 9.59 Å². The van der Waals surface area contributed by atoms with E-state index in [1.165, 1.54) is 5.57 Å². The number of fused-ring (bicyclic) bond motifs is 7. The molecule has 4 fully saturated rings. The average Bonchev–Trinajstić information content (AvgIpc) is 2.75. The highest BCUT2D eigenvalue weighted by Gasteiger charge is 2.70. The summed E-state index contributed by atoms with van der Waals surface area (Å²) < 4.78 is 0. The van der Waals surface area contributed by atoms with Crippen LogP contribution in [0.3, 0.4) is 0 Å². The Morgan fingerprint density at radius 3 is 2.26 bits per heavy atom. The molecule has 5 aliphatic rings. The highest BCUT2D eigenvalue weighted by atomic mass is 16.4. The number of rotatable bonds is 1. The van der Waals surface area contributed by atoms with Crippen LogP contribution in [0.5, 0.6) is 0 Å². The molecule has 5 aliphatic carbocycles. The Morgan fingerprint density at radius 1 is 1.00 bits per heavy atom. The molecule has 0 unspecified atom stereocenters. The fourth-order valence-corrected chi connectivity index (χ4v) is 10.1. The van der Waals surface area contributed by atoms with Crippen molar-refractivity contribution >= 4 is 11.8 Å². The van der Waals surface area contributed by atoms with Gasteiger partial charge in [-0.3, -0.25) is 9.59 Å². The summed E-state index contributed by atoms with van der Waals surface area (Å²) in [5.41, 5.74) is -0.398. The number of carbonyl (C=O) groups excluding carboxylic acids is 1. The summed E-state index contributed by atoms with van der Waals surface area (Å²) >= 11 is 0. The number of Topliss-reactive ketones (excluding diaryl/α,β-unsaturated/α-hetero) is 1. The Morgan fingerprint density at radius 2 is 1.63 bits per heavy atom. The van der Waals surface area contributed by atoms with E-state index in [-0.39, 0.29) is 50.7 Å². The first-order valence-corrected chi connectivity index (χ1v) is 13.5. The summed E-state index contributed by atoms with van der Waals surface area (Å²) in [4.78, 5) is 25.4. The van der Waals surface area contributed by atoms with Crippen molar-refractivity contribution in [3.05, 3.63) is 11.6 Å². The summed E-state index contributed by atoms with van der Waals surface area (Å²) in [5.74, 6) is -0.622. The summed E-state index contributed by atoms with van der Waals surface area (Å²) in [6.07, 6.45) is 6.85. The molecule has 10 atom stereocenters. The first-order valence-electron chi connectivity index (χ1n) is 13.5. The third-order valence-corrected chi connectivity index (χ3v) is 12.6. The van der Waals surface area contributed by atoms with Crippen molar-refractivity contribution in [3.8, 4) is 0 Å². The lowest BCUT2D eigenvalue weighted by atomic mass is 9.34. The first-order chi connectivity index (χ1) is 15.7. The van der Waals surface area contributed by atoms with Crippen molar-refractivity contribution < 1.29 is 30.4 Å². The summed E-state index contributed by atoms with van der Waals surface area (Å²) in [6.45, 7) is 13.2. The van der Waals surface area contributed by atoms with Gasteiger partial charge in [0.1, 0.15) is 6.10 Å². The zero-order chi connectivity index (χ0) is 25.1. The van der Waals surface area contributed by atoms with E-state index >= 15 is 0 Å². The number of ketones is 1. The van der Waals surface area contributed by atoms with E-state index in [1.54, 1.807) is 0 Å². The molecule has 35 heavy (non-hydrogen) atoms. The Bertz CT molecular complexity index is 955. The second-order valence-corrected chi connectivity index (χ2v) is 14.1. The minimum atomic E-state index is -0.885. The standard InChI is InChI=1S/C29H44O5.H2O/c1-16-17-9-10-28(6)20(26(17,4)15-19(30)22(16)31)8-7-18-21-23(32)25(2,3)11-13-29(21,24(33)34)14-12-27(18,28)5;/h7,16-17,19-21,23,30,32H,8-15H2,1-6H3,(H,33,34);1H2/t16-,17-,19+,20+,21+,23-,26-,27+,28+,29-;/m0./s1. The van der Waals surface area contributed by atoms with E-state index in [2.05, 4.69) is 40.7 Å². The highest BCUT2D eigenvalue weighted by molar-refractivity contribution is 5.86. The summed E-state index contributed by atoms with van der Waals surface area (Å²) in [6, 6.07) is 0. The van der Waals surface area contributed by atoms with E-state index in [0.717, 1.165) is 32.1 Å². The molecule has 0 aromatic heterocycles. The minimum absolute atomic E-state index is 0. The molecule has 0 heterocycles. The van der Waals surface area contributed by atoms with Crippen LogP contribution in [0.15, 0.2) is 11.6 Å². The second-order valence-electron chi connectivity index (χ2n) is 14.1. The van der Waals surface area contributed by atoms with Crippen molar-refractivity contribution in [1.29, 1.82) is 0 Å². The van der Waals surface area contributed by atoms with Crippen molar-refractivity contribution in [3.63, 3.8) is 0 Å². The minimum Gasteiger partial charge on any atom is -0.481 e. The van der Waals surface area contributed by atoms with Crippen molar-refractivity contribution in [1.82, 2.24) is 0 Å². The van der Waals surface area contributed by atoms with Gasteiger partial charge in [0.15, 0.2) is 5.78 Å². The molecule has 5 N–H and O–H groups in total. The van der Waals surface area contributed by atoms with E-state index in [4.69, 9.17) is 0 Å². The molecule has 0 bridgehead atoms. The van der Waals surface area contributed by atoms with Gasteiger partial charge in [-0.05, 0) is 84.9 Å². The van der Waals surface area contributed by atoms with E-state index in [9.17, 15) is 24.9 Å². The lowest BCUT2D eigenvalue weighted by Crippen LogP contribution is -2.66. The molecule has 198 valence electrons. The van der Waals surface area contributed by atoms with E-state index in [0.29, 0.717) is 25.2 Å². The van der Waals surface area contributed by atoms with Gasteiger partial charge in [0.25, 0.3) is 0 Å². The fraction of sp³-hybridized carbons (Fsp3) is 0.862. The molecule has 0 aromatic carbocycles.